The predicted molar refractivity (Wildman–Crippen MR) is 125 cm³/mol. The van der Waals surface area contributed by atoms with E-state index in [9.17, 15) is 0 Å². The molecular formula is C24H34N4O3. The zero-order chi connectivity index (χ0) is 21.9. The first-order valence-corrected chi connectivity index (χ1v) is 10.9. The first kappa shape index (κ1) is 22.7. The van der Waals surface area contributed by atoms with Crippen LogP contribution in [0.15, 0.2) is 53.5 Å². The third-order valence-electron chi connectivity index (χ3n) is 5.03. The monoisotopic (exact) mass is 426 g/mol. The van der Waals surface area contributed by atoms with Gasteiger partial charge in [-0.15, -0.1) is 0 Å². The summed E-state index contributed by atoms with van der Waals surface area (Å²) in [6.07, 6.45) is -0.0482. The van der Waals surface area contributed by atoms with Crippen LogP contribution in [0.1, 0.15) is 19.4 Å². The molecule has 1 aliphatic heterocycles. The molecule has 1 saturated heterocycles. The van der Waals surface area contributed by atoms with Crippen molar-refractivity contribution in [3.05, 3.63) is 54.1 Å². The van der Waals surface area contributed by atoms with Crippen LogP contribution >= 0.6 is 0 Å². The fraction of sp³-hybridized carbons (Fsp3) is 0.458. The molecule has 2 aromatic rings. The van der Waals surface area contributed by atoms with E-state index in [0.29, 0.717) is 13.1 Å². The van der Waals surface area contributed by atoms with Crippen molar-refractivity contribution in [2.45, 2.75) is 26.5 Å². The summed E-state index contributed by atoms with van der Waals surface area (Å²) in [5.74, 6) is 2.24. The molecule has 1 atom stereocenters. The van der Waals surface area contributed by atoms with Gasteiger partial charge in [0, 0.05) is 25.3 Å². The third-order valence-corrected chi connectivity index (χ3v) is 5.03. The molecule has 168 valence electrons. The normalized spacial score (nSPS) is 15.3. The number of nitrogens with zero attached hydrogens (tertiary/aromatic N) is 2. The van der Waals surface area contributed by atoms with E-state index >= 15 is 0 Å². The van der Waals surface area contributed by atoms with E-state index in [2.05, 4.69) is 46.7 Å². The number of aliphatic imine (C=N–C) groups is 1. The first-order chi connectivity index (χ1) is 15.2. The molecule has 1 fully saturated rings. The molecule has 1 aliphatic rings. The Hall–Kier alpha value is -2.93. The van der Waals surface area contributed by atoms with Gasteiger partial charge in [-0.05, 0) is 43.7 Å². The zero-order valence-corrected chi connectivity index (χ0v) is 18.8. The molecule has 2 aromatic carbocycles. The highest BCUT2D eigenvalue weighted by atomic mass is 16.5. The van der Waals surface area contributed by atoms with Crippen LogP contribution in [0.4, 0.5) is 5.69 Å². The van der Waals surface area contributed by atoms with Crippen LogP contribution in [-0.4, -0.2) is 58.6 Å². The Bertz CT molecular complexity index is 820. The van der Waals surface area contributed by atoms with Crippen LogP contribution < -0.4 is 25.0 Å². The number of nitrogens with one attached hydrogen (secondary N) is 2. The van der Waals surface area contributed by atoms with Gasteiger partial charge in [0.15, 0.2) is 17.5 Å². The van der Waals surface area contributed by atoms with Crippen LogP contribution in [0.5, 0.6) is 11.5 Å². The van der Waals surface area contributed by atoms with Crippen LogP contribution in [-0.2, 0) is 11.3 Å². The highest BCUT2D eigenvalue weighted by Gasteiger charge is 2.11. The number of hydrogen-bond donors (Lipinski definition) is 2. The highest BCUT2D eigenvalue weighted by molar-refractivity contribution is 5.79. The molecule has 0 saturated carbocycles. The Morgan fingerprint density at radius 3 is 2.45 bits per heavy atom. The lowest BCUT2D eigenvalue weighted by atomic mass is 10.2. The lowest BCUT2D eigenvalue weighted by molar-refractivity contribution is 0.122. The van der Waals surface area contributed by atoms with E-state index in [1.165, 1.54) is 11.3 Å². The van der Waals surface area contributed by atoms with Gasteiger partial charge in [0.05, 0.1) is 33.4 Å². The maximum atomic E-state index is 6.01. The molecule has 0 aliphatic carbocycles. The summed E-state index contributed by atoms with van der Waals surface area (Å²) in [7, 11) is 1.65. The summed E-state index contributed by atoms with van der Waals surface area (Å²) in [6, 6.07) is 16.3. The molecule has 3 rings (SSSR count). The van der Waals surface area contributed by atoms with Crippen molar-refractivity contribution in [2.24, 2.45) is 4.99 Å². The van der Waals surface area contributed by atoms with E-state index < -0.39 is 0 Å². The lowest BCUT2D eigenvalue weighted by Gasteiger charge is -2.28. The molecule has 7 nitrogen and oxygen atoms in total. The molecule has 31 heavy (non-hydrogen) atoms. The van der Waals surface area contributed by atoms with Crippen molar-refractivity contribution in [1.29, 1.82) is 0 Å². The van der Waals surface area contributed by atoms with Crippen molar-refractivity contribution in [1.82, 2.24) is 10.6 Å². The second-order valence-corrected chi connectivity index (χ2v) is 7.42. The summed E-state index contributed by atoms with van der Waals surface area (Å²) in [6.45, 7) is 9.59. The maximum absolute atomic E-state index is 6.01. The van der Waals surface area contributed by atoms with Gasteiger partial charge in [-0.1, -0.05) is 24.3 Å². The average Bonchev–Trinajstić information content (AvgIpc) is 2.82. The number of hydrogen-bond acceptors (Lipinski definition) is 5. The molecular weight excluding hydrogens is 392 g/mol. The van der Waals surface area contributed by atoms with E-state index in [0.717, 1.165) is 50.3 Å². The topological polar surface area (TPSA) is 67.4 Å². The molecule has 0 radical (unpaired) electrons. The summed E-state index contributed by atoms with van der Waals surface area (Å²) >= 11 is 0. The molecule has 0 amide bonds. The number of ether oxygens (including phenoxy) is 3. The Morgan fingerprint density at radius 2 is 1.77 bits per heavy atom. The van der Waals surface area contributed by atoms with E-state index in [-0.39, 0.29) is 6.10 Å². The lowest BCUT2D eigenvalue weighted by Crippen LogP contribution is -2.41. The highest BCUT2D eigenvalue weighted by Crippen LogP contribution is 2.26. The van der Waals surface area contributed by atoms with Crippen molar-refractivity contribution < 1.29 is 14.2 Å². The van der Waals surface area contributed by atoms with Crippen molar-refractivity contribution in [2.75, 3.05) is 51.4 Å². The van der Waals surface area contributed by atoms with Crippen molar-refractivity contribution in [3.8, 4) is 11.5 Å². The van der Waals surface area contributed by atoms with E-state index in [4.69, 9.17) is 19.2 Å². The number of methoxy groups -OCH3 is 1. The second-order valence-electron chi connectivity index (χ2n) is 7.42. The minimum atomic E-state index is -0.0482. The Balaban J connectivity index is 1.52. The van der Waals surface area contributed by atoms with E-state index in [1.54, 1.807) is 7.11 Å². The van der Waals surface area contributed by atoms with Crippen molar-refractivity contribution in [3.63, 3.8) is 0 Å². The average molecular weight is 427 g/mol. The summed E-state index contributed by atoms with van der Waals surface area (Å²) in [5, 5.41) is 6.66. The molecule has 1 heterocycles. The summed E-state index contributed by atoms with van der Waals surface area (Å²) in [4.78, 5) is 7.07. The van der Waals surface area contributed by atoms with Crippen LogP contribution in [0, 0.1) is 0 Å². The quantitative estimate of drug-likeness (QED) is 0.475. The first-order valence-electron chi connectivity index (χ1n) is 10.9. The maximum Gasteiger partial charge on any atom is 0.191 e. The van der Waals surface area contributed by atoms with Crippen LogP contribution in [0.2, 0.25) is 0 Å². The molecule has 0 aromatic heterocycles. The fourth-order valence-electron chi connectivity index (χ4n) is 3.36. The number of para-hydroxylation sites is 2. The fourth-order valence-corrected chi connectivity index (χ4v) is 3.36. The molecule has 0 bridgehead atoms. The largest absolute Gasteiger partial charge is 0.493 e. The Kier molecular flexibility index (Phi) is 8.84. The molecule has 7 heteroatoms. The Morgan fingerprint density at radius 1 is 1.06 bits per heavy atom. The van der Waals surface area contributed by atoms with Gasteiger partial charge in [0.1, 0.15) is 6.10 Å². The third kappa shape index (κ3) is 7.07. The summed E-state index contributed by atoms with van der Waals surface area (Å²) in [5.41, 5.74) is 2.41. The standard InChI is InChI=1S/C24H34N4O3/c1-4-25-24(26-17-19(2)31-23-8-6-5-7-22(23)29-3)27-18-20-9-11-21(12-10-20)28-13-15-30-16-14-28/h5-12,19H,4,13-18H2,1-3H3,(H2,25,26,27). The van der Waals surface area contributed by atoms with Gasteiger partial charge >= 0.3 is 0 Å². The van der Waals surface area contributed by atoms with Crippen molar-refractivity contribution >= 4 is 11.6 Å². The summed E-state index contributed by atoms with van der Waals surface area (Å²) < 4.78 is 16.8. The number of rotatable bonds is 9. The Labute approximate surface area is 185 Å². The minimum Gasteiger partial charge on any atom is -0.493 e. The minimum absolute atomic E-state index is 0.0482. The smallest absolute Gasteiger partial charge is 0.191 e. The number of benzene rings is 2. The van der Waals surface area contributed by atoms with Gasteiger partial charge < -0.3 is 29.7 Å². The number of anilines is 1. The number of guanidine groups is 1. The van der Waals surface area contributed by atoms with Gasteiger partial charge in [-0.3, -0.25) is 0 Å². The van der Waals surface area contributed by atoms with E-state index in [1.807, 2.05) is 31.2 Å². The van der Waals surface area contributed by atoms with Crippen LogP contribution in [0.3, 0.4) is 0 Å². The predicted octanol–water partition coefficient (Wildman–Crippen LogP) is 3.05. The zero-order valence-electron chi connectivity index (χ0n) is 18.8. The van der Waals surface area contributed by atoms with Gasteiger partial charge in [-0.2, -0.15) is 0 Å². The van der Waals surface area contributed by atoms with Crippen LogP contribution in [0.25, 0.3) is 0 Å². The number of morpholine rings is 1. The van der Waals surface area contributed by atoms with Gasteiger partial charge in [-0.25, -0.2) is 4.99 Å². The molecule has 2 N–H and O–H groups in total. The second kappa shape index (κ2) is 12.1. The molecule has 1 unspecified atom stereocenters. The van der Waals surface area contributed by atoms with Gasteiger partial charge in [0.25, 0.3) is 0 Å². The SMILES string of the molecule is CCNC(=NCc1ccc(N2CCOCC2)cc1)NCC(C)Oc1ccccc1OC. The molecule has 0 spiro atoms. The van der Waals surface area contributed by atoms with Gasteiger partial charge in [0.2, 0.25) is 0 Å².